The molecule has 0 bridgehead atoms. The quantitative estimate of drug-likeness (QED) is 0.720. The maximum absolute atomic E-state index is 12.7. The number of phenols is 1. The molecule has 3 atom stereocenters. The van der Waals surface area contributed by atoms with Crippen molar-refractivity contribution in [1.29, 1.82) is 0 Å². The topological polar surface area (TPSA) is 61.4 Å². The van der Waals surface area contributed by atoms with Crippen LogP contribution in [0.2, 0.25) is 0 Å². The van der Waals surface area contributed by atoms with Crippen LogP contribution >= 0.6 is 0 Å². The molecule has 2 aliphatic rings. The first kappa shape index (κ1) is 16.7. The van der Waals surface area contributed by atoms with Crippen molar-refractivity contribution in [3.05, 3.63) is 71.3 Å². The first-order valence-corrected chi connectivity index (χ1v) is 9.33. The molecule has 1 aliphatic carbocycles. The number of para-hydroxylation sites is 2. The molecule has 3 unspecified atom stereocenters. The Morgan fingerprint density at radius 3 is 2.81 bits per heavy atom. The molecule has 0 saturated heterocycles. The molecule has 134 valence electrons. The molecule has 1 amide bonds. The van der Waals surface area contributed by atoms with E-state index in [2.05, 4.69) is 28.9 Å². The highest BCUT2D eigenvalue weighted by molar-refractivity contribution is 6.00. The Labute approximate surface area is 153 Å². The van der Waals surface area contributed by atoms with Crippen molar-refractivity contribution in [2.75, 3.05) is 11.9 Å². The van der Waals surface area contributed by atoms with Gasteiger partial charge >= 0.3 is 0 Å². The van der Waals surface area contributed by atoms with Crippen molar-refractivity contribution in [2.24, 2.45) is 5.92 Å². The average Bonchev–Trinajstić information content (AvgIpc) is 3.15. The Morgan fingerprint density at radius 1 is 1.19 bits per heavy atom. The summed E-state index contributed by atoms with van der Waals surface area (Å²) >= 11 is 0. The van der Waals surface area contributed by atoms with E-state index in [9.17, 15) is 9.90 Å². The van der Waals surface area contributed by atoms with E-state index in [-0.39, 0.29) is 17.9 Å². The third-order valence-corrected chi connectivity index (χ3v) is 5.45. The monoisotopic (exact) mass is 348 g/mol. The van der Waals surface area contributed by atoms with Crippen LogP contribution in [0.4, 0.5) is 5.69 Å². The fourth-order valence-electron chi connectivity index (χ4n) is 4.20. The van der Waals surface area contributed by atoms with Crippen molar-refractivity contribution in [3.63, 3.8) is 0 Å². The zero-order chi connectivity index (χ0) is 18.1. The van der Waals surface area contributed by atoms with Gasteiger partial charge in [-0.2, -0.15) is 0 Å². The van der Waals surface area contributed by atoms with Crippen LogP contribution in [-0.4, -0.2) is 17.6 Å². The summed E-state index contributed by atoms with van der Waals surface area (Å²) in [6.07, 6.45) is 6.32. The van der Waals surface area contributed by atoms with Gasteiger partial charge in [-0.05, 0) is 36.5 Å². The summed E-state index contributed by atoms with van der Waals surface area (Å²) in [5.41, 5.74) is 3.62. The Morgan fingerprint density at radius 2 is 2.00 bits per heavy atom. The second kappa shape index (κ2) is 6.87. The van der Waals surface area contributed by atoms with E-state index in [0.29, 0.717) is 23.8 Å². The molecule has 4 nitrogen and oxygen atoms in total. The number of allylic oxidation sites excluding steroid dienone is 2. The Balaban J connectivity index is 1.78. The van der Waals surface area contributed by atoms with Crippen molar-refractivity contribution in [2.45, 2.75) is 31.7 Å². The average molecular weight is 348 g/mol. The molecule has 4 heteroatoms. The lowest BCUT2D eigenvalue weighted by Crippen LogP contribution is -2.32. The van der Waals surface area contributed by atoms with Gasteiger partial charge in [0.2, 0.25) is 0 Å². The third kappa shape index (κ3) is 2.75. The number of hydrogen-bond acceptors (Lipinski definition) is 3. The standard InChI is InChI=1S/C22H24N2O2/c1-2-13-23-22(26)18-11-6-10-16-14-8-5-9-15(14)20(24-21(16)18)17-7-3-4-12-19(17)25/h3-8,10-12,14-15,20,24-25H,2,9,13H2,1H3,(H,23,26). The van der Waals surface area contributed by atoms with Gasteiger partial charge in [0.1, 0.15) is 5.75 Å². The lowest BCUT2D eigenvalue weighted by atomic mass is 9.76. The Hall–Kier alpha value is -2.75. The highest BCUT2D eigenvalue weighted by Crippen LogP contribution is 2.51. The highest BCUT2D eigenvalue weighted by Gasteiger charge is 2.40. The van der Waals surface area contributed by atoms with Gasteiger partial charge in [0, 0.05) is 18.0 Å². The number of hydrogen-bond donors (Lipinski definition) is 3. The molecule has 0 saturated carbocycles. The predicted molar refractivity (Wildman–Crippen MR) is 104 cm³/mol. The van der Waals surface area contributed by atoms with Gasteiger partial charge < -0.3 is 15.7 Å². The summed E-state index contributed by atoms with van der Waals surface area (Å²) in [5, 5.41) is 17.0. The number of nitrogens with one attached hydrogen (secondary N) is 2. The molecule has 4 rings (SSSR count). The molecular weight excluding hydrogens is 324 g/mol. The van der Waals surface area contributed by atoms with E-state index >= 15 is 0 Å². The molecular formula is C22H24N2O2. The number of carbonyl (C=O) groups is 1. The minimum absolute atomic E-state index is 0.0242. The number of aromatic hydroxyl groups is 1. The van der Waals surface area contributed by atoms with E-state index in [1.165, 1.54) is 5.56 Å². The van der Waals surface area contributed by atoms with Crippen LogP contribution in [0.15, 0.2) is 54.6 Å². The number of fused-ring (bicyclic) bond motifs is 3. The van der Waals surface area contributed by atoms with E-state index in [1.807, 2.05) is 37.3 Å². The molecule has 2 aromatic carbocycles. The molecule has 1 heterocycles. The zero-order valence-electron chi connectivity index (χ0n) is 14.9. The second-order valence-corrected chi connectivity index (χ2v) is 7.06. The molecule has 1 aliphatic heterocycles. The molecule has 26 heavy (non-hydrogen) atoms. The highest BCUT2D eigenvalue weighted by atomic mass is 16.3. The second-order valence-electron chi connectivity index (χ2n) is 7.06. The summed E-state index contributed by atoms with van der Waals surface area (Å²) in [6, 6.07) is 13.4. The maximum atomic E-state index is 12.7. The minimum atomic E-state index is -0.0485. The van der Waals surface area contributed by atoms with E-state index < -0.39 is 0 Å². The van der Waals surface area contributed by atoms with Crippen LogP contribution < -0.4 is 10.6 Å². The van der Waals surface area contributed by atoms with Gasteiger partial charge in [-0.15, -0.1) is 0 Å². The first-order valence-electron chi connectivity index (χ1n) is 9.33. The van der Waals surface area contributed by atoms with Crippen molar-refractivity contribution in [3.8, 4) is 5.75 Å². The van der Waals surface area contributed by atoms with Crippen LogP contribution in [0.1, 0.15) is 53.2 Å². The van der Waals surface area contributed by atoms with Crippen LogP contribution in [0.5, 0.6) is 5.75 Å². The lowest BCUT2D eigenvalue weighted by Gasteiger charge is -2.38. The van der Waals surface area contributed by atoms with Gasteiger partial charge in [-0.3, -0.25) is 4.79 Å². The number of amides is 1. The van der Waals surface area contributed by atoms with Gasteiger partial charge in [-0.1, -0.05) is 49.4 Å². The van der Waals surface area contributed by atoms with Crippen molar-refractivity contribution >= 4 is 11.6 Å². The van der Waals surface area contributed by atoms with Gasteiger partial charge in [0.05, 0.1) is 17.3 Å². The normalized spacial score (nSPS) is 23.0. The molecule has 0 radical (unpaired) electrons. The van der Waals surface area contributed by atoms with Crippen LogP contribution in [0.3, 0.4) is 0 Å². The maximum Gasteiger partial charge on any atom is 0.253 e. The molecule has 2 aromatic rings. The largest absolute Gasteiger partial charge is 0.508 e. The van der Waals surface area contributed by atoms with Gasteiger partial charge in [0.15, 0.2) is 0 Å². The summed E-state index contributed by atoms with van der Waals surface area (Å²) < 4.78 is 0. The fraction of sp³-hybridized carbons (Fsp3) is 0.318. The van der Waals surface area contributed by atoms with E-state index in [1.54, 1.807) is 6.07 Å². The van der Waals surface area contributed by atoms with Crippen LogP contribution in [-0.2, 0) is 0 Å². The zero-order valence-corrected chi connectivity index (χ0v) is 14.9. The Kier molecular flexibility index (Phi) is 4.41. The Bertz CT molecular complexity index is 859. The number of phenolic OH excluding ortho intramolecular Hbond substituents is 1. The number of carbonyl (C=O) groups excluding carboxylic acids is 1. The summed E-state index contributed by atoms with van der Waals surface area (Å²) in [5.74, 6) is 0.846. The SMILES string of the molecule is CCCNC(=O)c1cccc2c1NC(c1ccccc1O)C1CC=CC21. The molecule has 0 spiro atoms. The summed E-state index contributed by atoms with van der Waals surface area (Å²) in [6.45, 7) is 2.71. The van der Waals surface area contributed by atoms with Gasteiger partial charge in [-0.25, -0.2) is 0 Å². The minimum Gasteiger partial charge on any atom is -0.508 e. The molecule has 0 aromatic heterocycles. The van der Waals surface area contributed by atoms with Crippen molar-refractivity contribution in [1.82, 2.24) is 5.32 Å². The summed E-state index contributed by atoms with van der Waals surface area (Å²) in [7, 11) is 0. The van der Waals surface area contributed by atoms with Crippen LogP contribution in [0, 0.1) is 5.92 Å². The smallest absolute Gasteiger partial charge is 0.253 e. The number of anilines is 1. The predicted octanol–water partition coefficient (Wildman–Crippen LogP) is 4.36. The van der Waals surface area contributed by atoms with E-state index in [0.717, 1.165) is 24.1 Å². The summed E-state index contributed by atoms with van der Waals surface area (Å²) in [4.78, 5) is 12.7. The number of rotatable bonds is 4. The molecule has 3 N–H and O–H groups in total. The lowest BCUT2D eigenvalue weighted by molar-refractivity contribution is 0.0954. The van der Waals surface area contributed by atoms with Crippen LogP contribution in [0.25, 0.3) is 0 Å². The first-order chi connectivity index (χ1) is 12.7. The molecule has 0 fully saturated rings. The van der Waals surface area contributed by atoms with Gasteiger partial charge in [0.25, 0.3) is 5.91 Å². The number of benzene rings is 2. The third-order valence-electron chi connectivity index (χ3n) is 5.45. The van der Waals surface area contributed by atoms with Crippen molar-refractivity contribution < 1.29 is 9.90 Å². The fourth-order valence-corrected chi connectivity index (χ4v) is 4.20. The van der Waals surface area contributed by atoms with E-state index in [4.69, 9.17) is 0 Å².